The van der Waals surface area contributed by atoms with Gasteiger partial charge in [0, 0.05) is 38.1 Å². The molecule has 1 amide bonds. The summed E-state index contributed by atoms with van der Waals surface area (Å²) in [4.78, 5) is 18.9. The fourth-order valence-corrected chi connectivity index (χ4v) is 3.46. The summed E-state index contributed by atoms with van der Waals surface area (Å²) >= 11 is 0. The van der Waals surface area contributed by atoms with Crippen LogP contribution in [0.3, 0.4) is 0 Å². The average molecular weight is 357 g/mol. The summed E-state index contributed by atoms with van der Waals surface area (Å²) in [5.41, 5.74) is 2.83. The molecule has 1 aromatic heterocycles. The number of morpholine rings is 1. The van der Waals surface area contributed by atoms with E-state index in [0.29, 0.717) is 19.1 Å². The zero-order valence-electron chi connectivity index (χ0n) is 15.3. The number of carbonyl (C=O) groups is 1. The van der Waals surface area contributed by atoms with Crippen LogP contribution in [0, 0.1) is 6.92 Å². The maximum Gasteiger partial charge on any atom is 0.277 e. The van der Waals surface area contributed by atoms with E-state index in [4.69, 9.17) is 13.9 Å². The van der Waals surface area contributed by atoms with Gasteiger partial charge < -0.3 is 24.1 Å². The number of rotatable bonds is 3. The van der Waals surface area contributed by atoms with E-state index in [2.05, 4.69) is 29.0 Å². The number of amides is 1. The monoisotopic (exact) mass is 357 g/mol. The van der Waals surface area contributed by atoms with Crippen molar-refractivity contribution in [3.63, 3.8) is 0 Å². The fourth-order valence-electron chi connectivity index (χ4n) is 3.46. The lowest BCUT2D eigenvalue weighted by atomic mass is 10.0. The highest BCUT2D eigenvalue weighted by Gasteiger charge is 2.32. The lowest BCUT2D eigenvalue weighted by Crippen LogP contribution is -2.36. The molecule has 1 saturated heterocycles. The van der Waals surface area contributed by atoms with Crippen molar-refractivity contribution < 1.29 is 18.7 Å². The van der Waals surface area contributed by atoms with Gasteiger partial charge >= 0.3 is 0 Å². The molecule has 138 valence electrons. The number of nitrogens with one attached hydrogen (secondary N) is 1. The number of hydrogen-bond acceptors (Lipinski definition) is 6. The number of oxazole rings is 1. The van der Waals surface area contributed by atoms with Crippen molar-refractivity contribution >= 4 is 17.3 Å². The van der Waals surface area contributed by atoms with Crippen molar-refractivity contribution in [3.05, 3.63) is 35.5 Å². The Morgan fingerprint density at radius 3 is 2.73 bits per heavy atom. The highest BCUT2D eigenvalue weighted by Crippen LogP contribution is 2.41. The molecule has 0 radical (unpaired) electrons. The van der Waals surface area contributed by atoms with Gasteiger partial charge in [-0.3, -0.25) is 4.79 Å². The summed E-state index contributed by atoms with van der Waals surface area (Å²) in [5.74, 6) is 1.06. The highest BCUT2D eigenvalue weighted by molar-refractivity contribution is 6.04. The third-order valence-electron chi connectivity index (χ3n) is 4.63. The van der Waals surface area contributed by atoms with E-state index in [0.717, 1.165) is 42.2 Å². The fraction of sp³-hybridized carbons (Fsp3) is 0.474. The van der Waals surface area contributed by atoms with Crippen LogP contribution in [0.1, 0.15) is 35.8 Å². The zero-order valence-corrected chi connectivity index (χ0v) is 15.3. The van der Waals surface area contributed by atoms with Crippen LogP contribution in [-0.4, -0.2) is 42.8 Å². The van der Waals surface area contributed by atoms with Crippen molar-refractivity contribution in [1.82, 2.24) is 4.98 Å². The maximum absolute atomic E-state index is 12.6. The zero-order chi connectivity index (χ0) is 18.3. The number of fused-ring (bicyclic) bond motifs is 1. The second-order valence-corrected chi connectivity index (χ2v) is 7.32. The number of aryl methyl sites for hydroxylation is 1. The van der Waals surface area contributed by atoms with E-state index in [-0.39, 0.29) is 17.2 Å². The van der Waals surface area contributed by atoms with Crippen LogP contribution in [0.4, 0.5) is 11.4 Å². The van der Waals surface area contributed by atoms with E-state index in [9.17, 15) is 4.79 Å². The Kier molecular flexibility index (Phi) is 4.11. The minimum Gasteiger partial charge on any atom is -0.487 e. The predicted octanol–water partition coefficient (Wildman–Crippen LogP) is 2.79. The molecule has 2 aliphatic rings. The molecule has 7 heteroatoms. The summed E-state index contributed by atoms with van der Waals surface area (Å²) in [7, 11) is 0. The average Bonchev–Trinajstić information content (AvgIpc) is 3.16. The Morgan fingerprint density at radius 2 is 2.04 bits per heavy atom. The lowest BCUT2D eigenvalue weighted by Gasteiger charge is -2.31. The van der Waals surface area contributed by atoms with Crippen LogP contribution >= 0.6 is 0 Å². The van der Waals surface area contributed by atoms with Crippen molar-refractivity contribution in [2.45, 2.75) is 32.8 Å². The van der Waals surface area contributed by atoms with Crippen molar-refractivity contribution in [1.29, 1.82) is 0 Å². The van der Waals surface area contributed by atoms with Crippen LogP contribution in [0.2, 0.25) is 0 Å². The molecule has 1 fully saturated rings. The first kappa shape index (κ1) is 16.9. The highest BCUT2D eigenvalue weighted by atomic mass is 16.5. The van der Waals surface area contributed by atoms with Gasteiger partial charge in [-0.1, -0.05) is 0 Å². The Balaban J connectivity index is 1.68. The first-order chi connectivity index (χ1) is 12.4. The standard InChI is InChI=1S/C19H23N3O4/c1-12-20-15(11-25-12)18(23)21-14-8-13-10-19(2,3)26-17(13)9-16(14)22-4-6-24-7-5-22/h8-9,11H,4-7,10H2,1-3H3,(H,21,23). The number of anilines is 2. The molecule has 1 aromatic carbocycles. The lowest BCUT2D eigenvalue weighted by molar-refractivity contribution is 0.102. The summed E-state index contributed by atoms with van der Waals surface area (Å²) in [5, 5.41) is 3.00. The van der Waals surface area contributed by atoms with Crippen molar-refractivity contribution in [2.24, 2.45) is 0 Å². The van der Waals surface area contributed by atoms with Gasteiger partial charge in [0.15, 0.2) is 11.6 Å². The molecular formula is C19H23N3O4. The molecule has 0 unspecified atom stereocenters. The molecule has 0 bridgehead atoms. The summed E-state index contributed by atoms with van der Waals surface area (Å²) in [6.45, 7) is 8.72. The van der Waals surface area contributed by atoms with Gasteiger partial charge in [0.25, 0.3) is 5.91 Å². The van der Waals surface area contributed by atoms with Crippen LogP contribution in [0.5, 0.6) is 5.75 Å². The van der Waals surface area contributed by atoms with E-state index in [1.807, 2.05) is 12.1 Å². The van der Waals surface area contributed by atoms with Gasteiger partial charge in [0.05, 0.1) is 24.6 Å². The summed E-state index contributed by atoms with van der Waals surface area (Å²) in [6, 6.07) is 4.04. The number of ether oxygens (including phenoxy) is 2. The number of carbonyl (C=O) groups excluding carboxylic acids is 1. The normalized spacial score (nSPS) is 18.3. The molecule has 0 aliphatic carbocycles. The first-order valence-electron chi connectivity index (χ1n) is 8.83. The molecule has 4 rings (SSSR count). The van der Waals surface area contributed by atoms with E-state index in [1.165, 1.54) is 6.26 Å². The topological polar surface area (TPSA) is 76.8 Å². The number of hydrogen-bond donors (Lipinski definition) is 1. The van der Waals surface area contributed by atoms with Gasteiger partial charge in [-0.05, 0) is 19.9 Å². The first-order valence-corrected chi connectivity index (χ1v) is 8.83. The Morgan fingerprint density at radius 1 is 1.27 bits per heavy atom. The molecule has 26 heavy (non-hydrogen) atoms. The minimum atomic E-state index is -0.283. The SMILES string of the molecule is Cc1nc(C(=O)Nc2cc3c(cc2N2CCOCC2)OC(C)(C)C3)co1. The van der Waals surface area contributed by atoms with Crippen LogP contribution in [-0.2, 0) is 11.2 Å². The third-order valence-corrected chi connectivity index (χ3v) is 4.63. The van der Waals surface area contributed by atoms with Crippen molar-refractivity contribution in [2.75, 3.05) is 36.5 Å². The smallest absolute Gasteiger partial charge is 0.277 e. The van der Waals surface area contributed by atoms with E-state index in [1.54, 1.807) is 6.92 Å². The van der Waals surface area contributed by atoms with Crippen LogP contribution in [0.25, 0.3) is 0 Å². The van der Waals surface area contributed by atoms with Crippen LogP contribution in [0.15, 0.2) is 22.8 Å². The Labute approximate surface area is 152 Å². The molecule has 3 heterocycles. The largest absolute Gasteiger partial charge is 0.487 e. The van der Waals surface area contributed by atoms with E-state index < -0.39 is 0 Å². The predicted molar refractivity (Wildman–Crippen MR) is 97.1 cm³/mol. The third kappa shape index (κ3) is 3.26. The molecule has 1 N–H and O–H groups in total. The van der Waals surface area contributed by atoms with Gasteiger partial charge in [-0.25, -0.2) is 4.98 Å². The van der Waals surface area contributed by atoms with Crippen LogP contribution < -0.4 is 15.0 Å². The van der Waals surface area contributed by atoms with Gasteiger partial charge in [0.2, 0.25) is 0 Å². The molecule has 7 nitrogen and oxygen atoms in total. The Hall–Kier alpha value is -2.54. The molecule has 2 aliphatic heterocycles. The van der Waals surface area contributed by atoms with Gasteiger partial charge in [-0.2, -0.15) is 0 Å². The van der Waals surface area contributed by atoms with Gasteiger partial charge in [0.1, 0.15) is 17.6 Å². The Bertz CT molecular complexity index is 837. The number of benzene rings is 1. The van der Waals surface area contributed by atoms with Gasteiger partial charge in [-0.15, -0.1) is 0 Å². The number of aromatic nitrogens is 1. The minimum absolute atomic E-state index is 0.240. The molecular weight excluding hydrogens is 334 g/mol. The second-order valence-electron chi connectivity index (χ2n) is 7.32. The quantitative estimate of drug-likeness (QED) is 0.910. The molecule has 2 aromatic rings. The van der Waals surface area contributed by atoms with Crippen molar-refractivity contribution in [3.8, 4) is 5.75 Å². The molecule has 0 saturated carbocycles. The second kappa shape index (κ2) is 6.32. The summed E-state index contributed by atoms with van der Waals surface area (Å²) in [6.07, 6.45) is 2.18. The molecule has 0 spiro atoms. The summed E-state index contributed by atoms with van der Waals surface area (Å²) < 4.78 is 16.7. The molecule has 0 atom stereocenters. The number of nitrogens with zero attached hydrogens (tertiary/aromatic N) is 2. The van der Waals surface area contributed by atoms with E-state index >= 15 is 0 Å². The maximum atomic E-state index is 12.6.